The summed E-state index contributed by atoms with van der Waals surface area (Å²) in [5.74, 6) is -1.24. The molecule has 0 saturated heterocycles. The molecule has 2 aromatic carbocycles. The number of carboxylic acids is 1. The molecule has 0 aliphatic rings. The van der Waals surface area contributed by atoms with E-state index in [-0.39, 0.29) is 31.0 Å². The van der Waals surface area contributed by atoms with Crippen molar-refractivity contribution in [3.63, 3.8) is 0 Å². The van der Waals surface area contributed by atoms with E-state index in [2.05, 4.69) is 5.32 Å². The van der Waals surface area contributed by atoms with Crippen LogP contribution in [0.5, 0.6) is 5.75 Å². The second kappa shape index (κ2) is 6.06. The Morgan fingerprint density at radius 1 is 1.05 bits per heavy atom. The molecule has 5 heteroatoms. The average Bonchev–Trinajstić information content (AvgIpc) is 2.44. The molecule has 0 aliphatic carbocycles. The maximum absolute atomic E-state index is 11.5. The number of phenols is 1. The number of aromatic hydroxyl groups is 1. The van der Waals surface area contributed by atoms with Crippen LogP contribution in [0.3, 0.4) is 0 Å². The van der Waals surface area contributed by atoms with Crippen LogP contribution in [0.1, 0.15) is 18.4 Å². The van der Waals surface area contributed by atoms with Crippen LogP contribution in [0, 0.1) is 0 Å². The summed E-state index contributed by atoms with van der Waals surface area (Å²) in [6.45, 7) is 0.172. The highest BCUT2D eigenvalue weighted by molar-refractivity contribution is 5.88. The number of phenolic OH excluding ortho intramolecular Hbond substituents is 1. The van der Waals surface area contributed by atoms with E-state index >= 15 is 0 Å². The van der Waals surface area contributed by atoms with Gasteiger partial charge >= 0.3 is 5.97 Å². The summed E-state index contributed by atoms with van der Waals surface area (Å²) < 4.78 is 0. The predicted octanol–water partition coefficient (Wildman–Crippen LogP) is 2.03. The highest BCUT2D eigenvalue weighted by Crippen LogP contribution is 2.26. The van der Waals surface area contributed by atoms with Gasteiger partial charge < -0.3 is 15.5 Å². The molecule has 104 valence electrons. The van der Waals surface area contributed by atoms with Crippen molar-refractivity contribution in [3.05, 3.63) is 42.0 Å². The fourth-order valence-corrected chi connectivity index (χ4v) is 2.01. The van der Waals surface area contributed by atoms with E-state index < -0.39 is 5.97 Å². The first-order valence-corrected chi connectivity index (χ1v) is 6.26. The Hall–Kier alpha value is -2.56. The van der Waals surface area contributed by atoms with Crippen LogP contribution >= 0.6 is 0 Å². The molecule has 0 unspecified atom stereocenters. The zero-order valence-corrected chi connectivity index (χ0v) is 10.8. The predicted molar refractivity (Wildman–Crippen MR) is 74.3 cm³/mol. The van der Waals surface area contributed by atoms with Crippen molar-refractivity contribution >= 4 is 22.6 Å². The molecule has 0 atom stereocenters. The molecule has 5 nitrogen and oxygen atoms in total. The third kappa shape index (κ3) is 3.26. The molecule has 1 amide bonds. The van der Waals surface area contributed by atoms with Gasteiger partial charge in [-0.1, -0.05) is 30.3 Å². The van der Waals surface area contributed by atoms with Gasteiger partial charge in [0.25, 0.3) is 0 Å². The van der Waals surface area contributed by atoms with E-state index in [1.165, 1.54) is 0 Å². The van der Waals surface area contributed by atoms with Gasteiger partial charge in [-0.2, -0.15) is 0 Å². The number of amides is 1. The molecule has 0 spiro atoms. The molecule has 0 fully saturated rings. The van der Waals surface area contributed by atoms with Gasteiger partial charge in [0.05, 0.1) is 6.42 Å². The Morgan fingerprint density at radius 2 is 1.80 bits per heavy atom. The summed E-state index contributed by atoms with van der Waals surface area (Å²) in [7, 11) is 0. The first-order valence-electron chi connectivity index (χ1n) is 6.26. The Bertz CT molecular complexity index is 651. The average molecular weight is 273 g/mol. The van der Waals surface area contributed by atoms with Crippen LogP contribution in [0.15, 0.2) is 36.4 Å². The molecule has 0 saturated carbocycles. The highest BCUT2D eigenvalue weighted by Gasteiger charge is 2.09. The SMILES string of the molecule is O=C(O)CCC(=O)NCc1c(O)ccc2ccccc12. The van der Waals surface area contributed by atoms with Crippen molar-refractivity contribution in [2.45, 2.75) is 19.4 Å². The quantitative estimate of drug-likeness (QED) is 0.778. The maximum Gasteiger partial charge on any atom is 0.303 e. The minimum absolute atomic E-state index is 0.0686. The number of fused-ring (bicyclic) bond motifs is 1. The van der Waals surface area contributed by atoms with Crippen LogP contribution < -0.4 is 5.32 Å². The molecule has 3 N–H and O–H groups in total. The maximum atomic E-state index is 11.5. The van der Waals surface area contributed by atoms with Gasteiger partial charge in [-0.05, 0) is 16.8 Å². The standard InChI is InChI=1S/C15H15NO4/c17-13-6-5-10-3-1-2-4-11(10)12(13)9-16-14(18)7-8-15(19)20/h1-6,17H,7-9H2,(H,16,18)(H,19,20). The molecular formula is C15H15NO4. The van der Waals surface area contributed by atoms with Crippen LogP contribution in [0.2, 0.25) is 0 Å². The van der Waals surface area contributed by atoms with Crippen molar-refractivity contribution in [1.29, 1.82) is 0 Å². The lowest BCUT2D eigenvalue weighted by Gasteiger charge is -2.10. The van der Waals surface area contributed by atoms with Gasteiger partial charge in [0.15, 0.2) is 0 Å². The zero-order valence-electron chi connectivity index (χ0n) is 10.8. The lowest BCUT2D eigenvalue weighted by Crippen LogP contribution is -2.23. The number of carbonyl (C=O) groups is 2. The van der Waals surface area contributed by atoms with Crippen molar-refractivity contribution < 1.29 is 19.8 Å². The largest absolute Gasteiger partial charge is 0.508 e. The summed E-state index contributed by atoms with van der Waals surface area (Å²) >= 11 is 0. The van der Waals surface area contributed by atoms with Gasteiger partial charge in [-0.15, -0.1) is 0 Å². The van der Waals surface area contributed by atoms with Gasteiger partial charge in [0.2, 0.25) is 5.91 Å². The monoisotopic (exact) mass is 273 g/mol. The van der Waals surface area contributed by atoms with Crippen molar-refractivity contribution in [1.82, 2.24) is 5.32 Å². The van der Waals surface area contributed by atoms with Crippen molar-refractivity contribution in [2.24, 2.45) is 0 Å². The van der Waals surface area contributed by atoms with Gasteiger partial charge in [-0.3, -0.25) is 9.59 Å². The lowest BCUT2D eigenvalue weighted by molar-refractivity contribution is -0.138. The number of hydrogen-bond donors (Lipinski definition) is 3. The van der Waals surface area contributed by atoms with E-state index in [1.54, 1.807) is 12.1 Å². The van der Waals surface area contributed by atoms with Crippen molar-refractivity contribution in [2.75, 3.05) is 0 Å². The van der Waals surface area contributed by atoms with Gasteiger partial charge in [0, 0.05) is 18.5 Å². The Morgan fingerprint density at radius 3 is 2.55 bits per heavy atom. The van der Waals surface area contributed by atoms with Crippen LogP contribution in [0.4, 0.5) is 0 Å². The zero-order chi connectivity index (χ0) is 14.5. The van der Waals surface area contributed by atoms with Crippen LogP contribution in [0.25, 0.3) is 10.8 Å². The topological polar surface area (TPSA) is 86.6 Å². The molecule has 0 aromatic heterocycles. The fraction of sp³-hybridized carbons (Fsp3) is 0.200. The summed E-state index contributed by atoms with van der Waals surface area (Å²) in [4.78, 5) is 21.9. The Labute approximate surface area is 115 Å². The van der Waals surface area contributed by atoms with E-state index in [0.29, 0.717) is 5.56 Å². The highest BCUT2D eigenvalue weighted by atomic mass is 16.4. The summed E-state index contributed by atoms with van der Waals surface area (Å²) in [6.07, 6.45) is -0.270. The van der Waals surface area contributed by atoms with E-state index in [0.717, 1.165) is 10.8 Å². The number of carbonyl (C=O) groups excluding carboxylic acids is 1. The second-order valence-electron chi connectivity index (χ2n) is 4.45. The van der Waals surface area contributed by atoms with Gasteiger partial charge in [0.1, 0.15) is 5.75 Å². The molecule has 0 bridgehead atoms. The second-order valence-corrected chi connectivity index (χ2v) is 4.45. The number of carboxylic acid groups (broad SMARTS) is 1. The summed E-state index contributed by atoms with van der Waals surface area (Å²) in [5.41, 5.74) is 0.631. The van der Waals surface area contributed by atoms with Crippen molar-refractivity contribution in [3.8, 4) is 5.75 Å². The molecule has 0 radical (unpaired) electrons. The third-order valence-corrected chi connectivity index (χ3v) is 3.04. The molecule has 2 aromatic rings. The molecule has 0 aliphatic heterocycles. The lowest BCUT2D eigenvalue weighted by atomic mass is 10.0. The third-order valence-electron chi connectivity index (χ3n) is 3.04. The molecule has 2 rings (SSSR count). The summed E-state index contributed by atoms with van der Waals surface area (Å²) in [5, 5.41) is 22.9. The number of aliphatic carboxylic acids is 1. The van der Waals surface area contributed by atoms with Gasteiger partial charge in [-0.25, -0.2) is 0 Å². The minimum atomic E-state index is -1.01. The number of nitrogens with one attached hydrogen (secondary N) is 1. The molecule has 0 heterocycles. The fourth-order valence-electron chi connectivity index (χ4n) is 2.01. The first-order chi connectivity index (χ1) is 9.58. The number of rotatable bonds is 5. The Kier molecular flexibility index (Phi) is 4.20. The van der Waals surface area contributed by atoms with Crippen LogP contribution in [-0.2, 0) is 16.1 Å². The van der Waals surface area contributed by atoms with E-state index in [9.17, 15) is 14.7 Å². The Balaban J connectivity index is 2.11. The number of benzene rings is 2. The number of hydrogen-bond acceptors (Lipinski definition) is 3. The molecular weight excluding hydrogens is 258 g/mol. The molecule has 20 heavy (non-hydrogen) atoms. The van der Waals surface area contributed by atoms with E-state index in [4.69, 9.17) is 5.11 Å². The van der Waals surface area contributed by atoms with E-state index in [1.807, 2.05) is 24.3 Å². The minimum Gasteiger partial charge on any atom is -0.508 e. The normalized spacial score (nSPS) is 10.4. The van der Waals surface area contributed by atoms with Crippen LogP contribution in [-0.4, -0.2) is 22.1 Å². The first kappa shape index (κ1) is 13.9. The smallest absolute Gasteiger partial charge is 0.303 e. The summed E-state index contributed by atoms with van der Waals surface area (Å²) in [6, 6.07) is 10.9.